The van der Waals surface area contributed by atoms with Crippen molar-refractivity contribution in [1.29, 1.82) is 0 Å². The molecule has 0 radical (unpaired) electrons. The molecule has 0 amide bonds. The van der Waals surface area contributed by atoms with Crippen LogP contribution in [0, 0.1) is 0 Å². The Morgan fingerprint density at radius 1 is 1.31 bits per heavy atom. The SMILES string of the molecule is COc1ccc(OCC(=O)[O-])cc1. The van der Waals surface area contributed by atoms with Crippen LogP contribution in [0.4, 0.5) is 0 Å². The number of carboxylic acid groups (broad SMARTS) is 1. The molecule has 1 aromatic rings. The van der Waals surface area contributed by atoms with Crippen molar-refractivity contribution in [3.8, 4) is 11.5 Å². The molecule has 0 aliphatic rings. The van der Waals surface area contributed by atoms with Crippen LogP contribution in [0.3, 0.4) is 0 Å². The average Bonchev–Trinajstić information content (AvgIpc) is 2.15. The summed E-state index contributed by atoms with van der Waals surface area (Å²) in [5.41, 5.74) is 0. The number of hydrogen-bond donors (Lipinski definition) is 0. The van der Waals surface area contributed by atoms with Crippen molar-refractivity contribution in [3.63, 3.8) is 0 Å². The topological polar surface area (TPSA) is 58.6 Å². The van der Waals surface area contributed by atoms with Gasteiger partial charge in [0.05, 0.1) is 13.1 Å². The van der Waals surface area contributed by atoms with E-state index in [-0.39, 0.29) is 0 Å². The highest BCUT2D eigenvalue weighted by atomic mass is 16.5. The lowest BCUT2D eigenvalue weighted by atomic mass is 10.3. The molecule has 4 heteroatoms. The second-order valence-electron chi connectivity index (χ2n) is 2.34. The highest BCUT2D eigenvalue weighted by molar-refractivity contribution is 5.66. The molecular formula is C9H9O4-. The molecular weight excluding hydrogens is 172 g/mol. The van der Waals surface area contributed by atoms with Gasteiger partial charge in [-0.3, -0.25) is 0 Å². The van der Waals surface area contributed by atoms with E-state index in [0.717, 1.165) is 0 Å². The first kappa shape index (κ1) is 9.38. The third-order valence-electron chi connectivity index (χ3n) is 1.42. The lowest BCUT2D eigenvalue weighted by Crippen LogP contribution is -2.28. The van der Waals surface area contributed by atoms with Crippen LogP contribution in [-0.2, 0) is 4.79 Å². The van der Waals surface area contributed by atoms with E-state index in [9.17, 15) is 9.90 Å². The Morgan fingerprint density at radius 3 is 2.31 bits per heavy atom. The molecule has 0 saturated carbocycles. The number of carbonyl (C=O) groups excluding carboxylic acids is 1. The highest BCUT2D eigenvalue weighted by Gasteiger charge is 1.94. The smallest absolute Gasteiger partial charge is 0.128 e. The number of rotatable bonds is 4. The molecule has 0 atom stereocenters. The minimum atomic E-state index is -1.24. The van der Waals surface area contributed by atoms with Crippen molar-refractivity contribution >= 4 is 5.97 Å². The van der Waals surface area contributed by atoms with Crippen LogP contribution < -0.4 is 14.6 Å². The molecule has 0 spiro atoms. The summed E-state index contributed by atoms with van der Waals surface area (Å²) in [4.78, 5) is 10.0. The van der Waals surface area contributed by atoms with E-state index < -0.39 is 12.6 Å². The molecule has 0 unspecified atom stereocenters. The van der Waals surface area contributed by atoms with Crippen LogP contribution >= 0.6 is 0 Å². The molecule has 0 bridgehead atoms. The summed E-state index contributed by atoms with van der Waals surface area (Å²) in [6.45, 7) is -0.438. The third-order valence-corrected chi connectivity index (χ3v) is 1.42. The molecule has 0 heterocycles. The van der Waals surface area contributed by atoms with Crippen molar-refractivity contribution < 1.29 is 19.4 Å². The Labute approximate surface area is 75.7 Å². The Morgan fingerprint density at radius 2 is 1.85 bits per heavy atom. The van der Waals surface area contributed by atoms with E-state index >= 15 is 0 Å². The lowest BCUT2D eigenvalue weighted by molar-refractivity contribution is -0.307. The molecule has 0 aromatic heterocycles. The van der Waals surface area contributed by atoms with Crippen molar-refractivity contribution in [3.05, 3.63) is 24.3 Å². The Bertz CT molecular complexity index is 278. The molecule has 0 aliphatic heterocycles. The van der Waals surface area contributed by atoms with Gasteiger partial charge < -0.3 is 19.4 Å². The zero-order chi connectivity index (χ0) is 9.68. The Balaban J connectivity index is 2.54. The molecule has 0 aliphatic carbocycles. The van der Waals surface area contributed by atoms with Crippen LogP contribution in [0.25, 0.3) is 0 Å². The van der Waals surface area contributed by atoms with Crippen LogP contribution in [0.2, 0.25) is 0 Å². The summed E-state index contributed by atoms with van der Waals surface area (Å²) >= 11 is 0. The van der Waals surface area contributed by atoms with Gasteiger partial charge in [0.2, 0.25) is 0 Å². The van der Waals surface area contributed by atoms with Gasteiger partial charge in [0.15, 0.2) is 0 Å². The van der Waals surface area contributed by atoms with Gasteiger partial charge in [-0.25, -0.2) is 0 Å². The summed E-state index contributed by atoms with van der Waals surface area (Å²) in [5, 5.41) is 10.0. The van der Waals surface area contributed by atoms with E-state index in [4.69, 9.17) is 9.47 Å². The molecule has 0 fully saturated rings. The first-order valence-corrected chi connectivity index (χ1v) is 3.69. The minimum absolute atomic E-state index is 0.438. The van der Waals surface area contributed by atoms with E-state index in [0.29, 0.717) is 11.5 Å². The Kier molecular flexibility index (Phi) is 3.14. The summed E-state index contributed by atoms with van der Waals surface area (Å²) in [6.07, 6.45) is 0. The van der Waals surface area contributed by atoms with E-state index in [2.05, 4.69) is 0 Å². The predicted molar refractivity (Wildman–Crippen MR) is 43.5 cm³/mol. The zero-order valence-electron chi connectivity index (χ0n) is 7.15. The monoisotopic (exact) mass is 181 g/mol. The molecule has 70 valence electrons. The molecule has 1 rings (SSSR count). The first-order valence-electron chi connectivity index (χ1n) is 3.69. The van der Waals surface area contributed by atoms with Crippen LogP contribution in [0.15, 0.2) is 24.3 Å². The van der Waals surface area contributed by atoms with E-state index in [1.165, 1.54) is 0 Å². The molecule has 1 aromatic carbocycles. The number of benzene rings is 1. The van der Waals surface area contributed by atoms with Crippen molar-refractivity contribution in [2.45, 2.75) is 0 Å². The molecule has 13 heavy (non-hydrogen) atoms. The van der Waals surface area contributed by atoms with Crippen molar-refractivity contribution in [2.24, 2.45) is 0 Å². The maximum atomic E-state index is 10.0. The second-order valence-corrected chi connectivity index (χ2v) is 2.34. The maximum absolute atomic E-state index is 10.0. The van der Waals surface area contributed by atoms with Crippen LogP contribution in [0.5, 0.6) is 11.5 Å². The summed E-state index contributed by atoms with van der Waals surface area (Å²) in [7, 11) is 1.55. The van der Waals surface area contributed by atoms with Crippen molar-refractivity contribution in [2.75, 3.05) is 13.7 Å². The van der Waals surface area contributed by atoms with Crippen LogP contribution in [-0.4, -0.2) is 19.7 Å². The van der Waals surface area contributed by atoms with E-state index in [1.807, 2.05) is 0 Å². The Hall–Kier alpha value is -1.71. The van der Waals surface area contributed by atoms with Gasteiger partial charge in [0.25, 0.3) is 0 Å². The largest absolute Gasteiger partial charge is 0.546 e. The first-order chi connectivity index (χ1) is 6.22. The number of methoxy groups -OCH3 is 1. The maximum Gasteiger partial charge on any atom is 0.128 e. The van der Waals surface area contributed by atoms with Gasteiger partial charge in [0.1, 0.15) is 18.1 Å². The number of aliphatic carboxylic acids is 1. The molecule has 0 saturated heterocycles. The van der Waals surface area contributed by atoms with Gasteiger partial charge in [-0.1, -0.05) is 0 Å². The zero-order valence-corrected chi connectivity index (χ0v) is 7.15. The minimum Gasteiger partial charge on any atom is -0.546 e. The van der Waals surface area contributed by atoms with Gasteiger partial charge in [-0.2, -0.15) is 0 Å². The van der Waals surface area contributed by atoms with Crippen LogP contribution in [0.1, 0.15) is 0 Å². The quantitative estimate of drug-likeness (QED) is 0.646. The lowest BCUT2D eigenvalue weighted by Gasteiger charge is -2.06. The number of ether oxygens (including phenoxy) is 2. The van der Waals surface area contributed by atoms with E-state index in [1.54, 1.807) is 31.4 Å². The number of carbonyl (C=O) groups is 1. The number of carboxylic acids is 1. The van der Waals surface area contributed by atoms with Gasteiger partial charge in [0, 0.05) is 0 Å². The second kappa shape index (κ2) is 4.35. The van der Waals surface area contributed by atoms with Gasteiger partial charge in [-0.15, -0.1) is 0 Å². The summed E-state index contributed by atoms with van der Waals surface area (Å²) < 4.78 is 9.76. The third kappa shape index (κ3) is 3.02. The fraction of sp³-hybridized carbons (Fsp3) is 0.222. The van der Waals surface area contributed by atoms with Crippen molar-refractivity contribution in [1.82, 2.24) is 0 Å². The normalized spacial score (nSPS) is 9.31. The van der Waals surface area contributed by atoms with Gasteiger partial charge >= 0.3 is 0 Å². The highest BCUT2D eigenvalue weighted by Crippen LogP contribution is 2.16. The fourth-order valence-corrected chi connectivity index (χ4v) is 0.814. The molecule has 4 nitrogen and oxygen atoms in total. The fourth-order valence-electron chi connectivity index (χ4n) is 0.814. The summed E-state index contributed by atoms with van der Waals surface area (Å²) in [5.74, 6) is -0.0679. The predicted octanol–water partition coefficient (Wildman–Crippen LogP) is -0.176. The summed E-state index contributed by atoms with van der Waals surface area (Å²) in [6, 6.07) is 6.62. The van der Waals surface area contributed by atoms with Gasteiger partial charge in [-0.05, 0) is 24.3 Å². The number of hydrogen-bond acceptors (Lipinski definition) is 4. The average molecular weight is 181 g/mol. The molecule has 0 N–H and O–H groups in total. The standard InChI is InChI=1S/C9H10O4/c1-12-7-2-4-8(5-3-7)13-6-9(10)11/h2-5H,6H2,1H3,(H,10,11)/p-1.